The van der Waals surface area contributed by atoms with Gasteiger partial charge in [-0.05, 0) is 5.92 Å². The molecule has 0 rings (SSSR count). The third-order valence-electron chi connectivity index (χ3n) is 2.57. The van der Waals surface area contributed by atoms with Crippen molar-refractivity contribution in [2.45, 2.75) is 46.4 Å². The number of hydrogen-bond donors (Lipinski definition) is 2. The van der Waals surface area contributed by atoms with Gasteiger partial charge in [-0.3, -0.25) is 14.4 Å². The highest BCUT2D eigenvalue weighted by Crippen LogP contribution is 2.09. The van der Waals surface area contributed by atoms with Crippen LogP contribution in [0.15, 0.2) is 0 Å². The number of ether oxygens (including phenoxy) is 1. The molecule has 104 valence electrons. The summed E-state index contributed by atoms with van der Waals surface area (Å²) in [6.07, 6.45) is 0.516. The molecular formula is C12H22N2O4. The van der Waals surface area contributed by atoms with Crippen LogP contribution in [-0.2, 0) is 19.1 Å². The molecule has 0 aliphatic rings. The maximum atomic E-state index is 11.7. The molecule has 2 unspecified atom stereocenters. The molecule has 2 N–H and O–H groups in total. The zero-order valence-corrected chi connectivity index (χ0v) is 11.3. The first-order chi connectivity index (χ1) is 8.42. The molecule has 0 aliphatic heterocycles. The minimum Gasteiger partial charge on any atom is -0.441 e. The fraction of sp³-hybridized carbons (Fsp3) is 0.750. The van der Waals surface area contributed by atoms with Gasteiger partial charge in [0.1, 0.15) is 0 Å². The normalized spacial score (nSPS) is 13.9. The topological polar surface area (TPSA) is 84.5 Å². The highest BCUT2D eigenvalue weighted by atomic mass is 16.6. The molecule has 6 nitrogen and oxygen atoms in total. The van der Waals surface area contributed by atoms with Gasteiger partial charge < -0.3 is 15.4 Å². The zero-order chi connectivity index (χ0) is 14.1. The first kappa shape index (κ1) is 16.4. The Morgan fingerprint density at radius 3 is 2.00 bits per heavy atom. The van der Waals surface area contributed by atoms with E-state index in [1.807, 2.05) is 27.7 Å². The van der Waals surface area contributed by atoms with E-state index in [2.05, 4.69) is 10.6 Å². The Balaban J connectivity index is 4.36. The molecule has 0 saturated heterocycles. The van der Waals surface area contributed by atoms with E-state index in [0.29, 0.717) is 12.8 Å². The largest absolute Gasteiger partial charge is 0.441 e. The summed E-state index contributed by atoms with van der Waals surface area (Å²) in [6.45, 7) is 7.46. The number of esters is 1. The van der Waals surface area contributed by atoms with Crippen molar-refractivity contribution in [3.8, 4) is 0 Å². The fourth-order valence-electron chi connectivity index (χ4n) is 1.37. The predicted molar refractivity (Wildman–Crippen MR) is 66.4 cm³/mol. The summed E-state index contributed by atoms with van der Waals surface area (Å²) in [4.78, 5) is 32.5. The molecule has 18 heavy (non-hydrogen) atoms. The van der Waals surface area contributed by atoms with Gasteiger partial charge in [-0.25, -0.2) is 0 Å². The van der Waals surface area contributed by atoms with Crippen molar-refractivity contribution in [1.29, 1.82) is 0 Å². The van der Waals surface area contributed by atoms with E-state index in [1.165, 1.54) is 0 Å². The first-order valence-corrected chi connectivity index (χ1v) is 6.01. The summed E-state index contributed by atoms with van der Waals surface area (Å²) in [6, 6.07) is -0.265. The van der Waals surface area contributed by atoms with Crippen molar-refractivity contribution in [3.05, 3.63) is 0 Å². The molecule has 0 spiro atoms. The Bertz CT molecular complexity index is 253. The summed E-state index contributed by atoms with van der Waals surface area (Å²) >= 11 is 0. The van der Waals surface area contributed by atoms with Crippen LogP contribution in [0.25, 0.3) is 0 Å². The Labute approximate surface area is 107 Å². The average molecular weight is 258 g/mol. The SMILES string of the molecule is CC(C)C(CC(=O)OC(NC=O)C(C)C)NC=O. The number of hydrogen-bond acceptors (Lipinski definition) is 4. The minimum atomic E-state index is -0.640. The van der Waals surface area contributed by atoms with Gasteiger partial charge in [0.25, 0.3) is 0 Å². The molecule has 0 aromatic carbocycles. The molecule has 0 heterocycles. The second-order valence-electron chi connectivity index (χ2n) is 4.78. The highest BCUT2D eigenvalue weighted by Gasteiger charge is 2.22. The van der Waals surface area contributed by atoms with Crippen LogP contribution < -0.4 is 10.6 Å². The van der Waals surface area contributed by atoms with Crippen LogP contribution in [0.5, 0.6) is 0 Å². The summed E-state index contributed by atoms with van der Waals surface area (Å²) in [5.41, 5.74) is 0. The van der Waals surface area contributed by atoms with Crippen LogP contribution in [0, 0.1) is 11.8 Å². The predicted octanol–water partition coefficient (Wildman–Crippen LogP) is 0.418. The van der Waals surface area contributed by atoms with E-state index in [0.717, 1.165) is 0 Å². The number of amides is 2. The van der Waals surface area contributed by atoms with Crippen LogP contribution in [0.2, 0.25) is 0 Å². The van der Waals surface area contributed by atoms with Gasteiger partial charge in [0.2, 0.25) is 12.8 Å². The van der Waals surface area contributed by atoms with Gasteiger partial charge in [-0.1, -0.05) is 27.7 Å². The standard InChI is InChI=1S/C12H22N2O4/c1-8(2)10(13-6-15)5-11(17)18-12(9(3)4)14-7-16/h6-10,12H,5H2,1-4H3,(H,13,15)(H,14,16). The van der Waals surface area contributed by atoms with Crippen molar-refractivity contribution in [2.24, 2.45) is 11.8 Å². The van der Waals surface area contributed by atoms with Gasteiger partial charge in [-0.2, -0.15) is 0 Å². The Morgan fingerprint density at radius 1 is 1.06 bits per heavy atom. The number of nitrogens with one attached hydrogen (secondary N) is 2. The lowest BCUT2D eigenvalue weighted by atomic mass is 10.0. The number of rotatable bonds is 9. The highest BCUT2D eigenvalue weighted by molar-refractivity contribution is 5.71. The van der Waals surface area contributed by atoms with Crippen LogP contribution in [0.4, 0.5) is 0 Å². The lowest BCUT2D eigenvalue weighted by molar-refractivity contribution is -0.154. The molecule has 0 bridgehead atoms. The lowest BCUT2D eigenvalue weighted by Gasteiger charge is -2.23. The lowest BCUT2D eigenvalue weighted by Crippen LogP contribution is -2.40. The maximum Gasteiger partial charge on any atom is 0.309 e. The average Bonchev–Trinajstić information content (AvgIpc) is 2.27. The molecule has 0 radical (unpaired) electrons. The molecule has 0 aromatic heterocycles. The van der Waals surface area contributed by atoms with E-state index >= 15 is 0 Å². The van der Waals surface area contributed by atoms with Crippen molar-refractivity contribution >= 4 is 18.8 Å². The van der Waals surface area contributed by atoms with Crippen molar-refractivity contribution in [3.63, 3.8) is 0 Å². The second-order valence-corrected chi connectivity index (χ2v) is 4.78. The number of carbonyl (C=O) groups excluding carboxylic acids is 3. The monoisotopic (exact) mass is 258 g/mol. The van der Waals surface area contributed by atoms with E-state index in [9.17, 15) is 14.4 Å². The maximum absolute atomic E-state index is 11.7. The molecule has 0 fully saturated rings. The Kier molecular flexibility index (Phi) is 7.74. The fourth-order valence-corrected chi connectivity index (χ4v) is 1.37. The van der Waals surface area contributed by atoms with E-state index in [-0.39, 0.29) is 24.3 Å². The van der Waals surface area contributed by atoms with Gasteiger partial charge in [0.15, 0.2) is 6.23 Å². The van der Waals surface area contributed by atoms with Gasteiger partial charge in [0, 0.05) is 12.0 Å². The minimum absolute atomic E-state index is 0.0179. The van der Waals surface area contributed by atoms with Crippen LogP contribution in [0.3, 0.4) is 0 Å². The summed E-state index contributed by atoms with van der Waals surface area (Å²) in [5.74, 6) is -0.342. The molecule has 2 amide bonds. The van der Waals surface area contributed by atoms with Crippen molar-refractivity contribution in [2.75, 3.05) is 0 Å². The zero-order valence-electron chi connectivity index (χ0n) is 11.3. The molecule has 2 atom stereocenters. The first-order valence-electron chi connectivity index (χ1n) is 6.01. The summed E-state index contributed by atoms with van der Waals surface area (Å²) < 4.78 is 5.14. The van der Waals surface area contributed by atoms with Crippen LogP contribution >= 0.6 is 0 Å². The Morgan fingerprint density at radius 2 is 1.61 bits per heavy atom. The number of carbonyl (C=O) groups is 3. The van der Waals surface area contributed by atoms with E-state index in [1.54, 1.807) is 0 Å². The van der Waals surface area contributed by atoms with Crippen LogP contribution in [-0.4, -0.2) is 31.1 Å². The quantitative estimate of drug-likeness (QED) is 0.356. The third kappa shape index (κ3) is 6.22. The molecule has 0 aromatic rings. The van der Waals surface area contributed by atoms with E-state index in [4.69, 9.17) is 4.74 Å². The smallest absolute Gasteiger partial charge is 0.309 e. The molecule has 0 saturated carbocycles. The van der Waals surface area contributed by atoms with Gasteiger partial charge >= 0.3 is 5.97 Å². The van der Waals surface area contributed by atoms with Crippen molar-refractivity contribution < 1.29 is 19.1 Å². The Hall–Kier alpha value is -1.59. The van der Waals surface area contributed by atoms with Gasteiger partial charge in [-0.15, -0.1) is 0 Å². The van der Waals surface area contributed by atoms with Crippen molar-refractivity contribution in [1.82, 2.24) is 10.6 Å². The third-order valence-corrected chi connectivity index (χ3v) is 2.57. The molecule has 0 aliphatic carbocycles. The van der Waals surface area contributed by atoms with Gasteiger partial charge in [0.05, 0.1) is 6.42 Å². The molecule has 6 heteroatoms. The van der Waals surface area contributed by atoms with Crippen LogP contribution in [0.1, 0.15) is 34.1 Å². The summed E-state index contributed by atoms with van der Waals surface area (Å²) in [7, 11) is 0. The van der Waals surface area contributed by atoms with E-state index < -0.39 is 12.2 Å². The second kappa shape index (κ2) is 8.49. The molecular weight excluding hydrogens is 236 g/mol. The summed E-state index contributed by atoms with van der Waals surface area (Å²) in [5, 5.41) is 5.01.